The van der Waals surface area contributed by atoms with Crippen LogP contribution in [0.5, 0.6) is 0 Å². The molecule has 0 amide bonds. The summed E-state index contributed by atoms with van der Waals surface area (Å²) < 4.78 is 24.4. The molecule has 23 heavy (non-hydrogen) atoms. The molecule has 4 nitrogen and oxygen atoms in total. The normalized spacial score (nSPS) is 35.4. The fourth-order valence-electron chi connectivity index (χ4n) is 3.58. The van der Waals surface area contributed by atoms with Crippen molar-refractivity contribution in [2.45, 2.75) is 77.9 Å². The molecule has 0 aromatic rings. The Hall–Kier alpha value is 0.335. The second-order valence-corrected chi connectivity index (χ2v) is 9.14. The van der Waals surface area contributed by atoms with E-state index in [9.17, 15) is 0 Å². The van der Waals surface area contributed by atoms with Crippen molar-refractivity contribution >= 4 is 16.2 Å². The van der Waals surface area contributed by atoms with Crippen LogP contribution in [0, 0.1) is 17.8 Å². The third-order valence-corrected chi connectivity index (χ3v) is 7.22. The maximum absolute atomic E-state index is 6.44. The van der Waals surface area contributed by atoms with Gasteiger partial charge in [-0.15, -0.1) is 0 Å². The van der Waals surface area contributed by atoms with E-state index in [-0.39, 0.29) is 18.3 Å². The molecule has 2 aliphatic heterocycles. The molecular weight excluding hydrogens is 310 g/mol. The van der Waals surface area contributed by atoms with Gasteiger partial charge in [0.25, 0.3) is 0 Å². The van der Waals surface area contributed by atoms with Gasteiger partial charge in [-0.05, 0) is 18.3 Å². The zero-order chi connectivity index (χ0) is 17.1. The second kappa shape index (κ2) is 8.62. The Morgan fingerprint density at radius 3 is 2.39 bits per heavy atom. The first-order chi connectivity index (χ1) is 10.9. The number of fused-ring (bicyclic) bond motifs is 1. The Morgan fingerprint density at radius 1 is 1.17 bits per heavy atom. The van der Waals surface area contributed by atoms with E-state index in [1.807, 2.05) is 0 Å². The van der Waals surface area contributed by atoms with E-state index in [1.54, 1.807) is 0 Å². The molecule has 2 rings (SSSR count). The maximum atomic E-state index is 6.44. The highest BCUT2D eigenvalue weighted by atomic mass is 31.2. The zero-order valence-electron chi connectivity index (χ0n) is 15.4. The summed E-state index contributed by atoms with van der Waals surface area (Å²) in [4.78, 5) is 0. The highest BCUT2D eigenvalue weighted by molar-refractivity contribution is 7.48. The van der Waals surface area contributed by atoms with Crippen molar-refractivity contribution in [1.29, 1.82) is 0 Å². The van der Waals surface area contributed by atoms with Gasteiger partial charge in [-0.3, -0.25) is 0 Å². The number of rotatable bonds is 8. The average Bonchev–Trinajstić information content (AvgIpc) is 2.96. The Labute approximate surface area is 144 Å². The maximum Gasteiger partial charge on any atom is 0.174 e. The molecule has 2 aliphatic rings. The zero-order valence-corrected chi connectivity index (χ0v) is 16.3. The molecule has 132 valence electrons. The summed E-state index contributed by atoms with van der Waals surface area (Å²) in [5.74, 6) is 1.36. The topological polar surface area (TPSA) is 36.9 Å². The first-order valence-corrected chi connectivity index (χ1v) is 10.2. The highest BCUT2D eigenvalue weighted by Gasteiger charge is 2.51. The Balaban J connectivity index is 2.10. The lowest BCUT2D eigenvalue weighted by atomic mass is 9.92. The van der Waals surface area contributed by atoms with E-state index in [2.05, 4.69) is 41.5 Å². The fourth-order valence-corrected chi connectivity index (χ4v) is 5.77. The summed E-state index contributed by atoms with van der Waals surface area (Å²) in [6.07, 6.45) is 0.746. The summed E-state index contributed by atoms with van der Waals surface area (Å²) in [6.45, 7) is 14.6. The van der Waals surface area contributed by atoms with E-state index in [0.717, 1.165) is 13.0 Å². The van der Waals surface area contributed by atoms with Crippen molar-refractivity contribution < 1.29 is 18.5 Å². The van der Waals surface area contributed by atoms with E-state index in [1.165, 1.54) is 0 Å². The molecule has 2 fully saturated rings. The number of hydrogen-bond acceptors (Lipinski definition) is 4. The molecule has 0 aromatic carbocycles. The highest BCUT2D eigenvalue weighted by Crippen LogP contribution is 2.53. The van der Waals surface area contributed by atoms with E-state index in [4.69, 9.17) is 26.4 Å². The molecule has 6 atom stereocenters. The molecule has 0 aliphatic carbocycles. The first-order valence-electron chi connectivity index (χ1n) is 8.98. The van der Waals surface area contributed by atoms with E-state index >= 15 is 0 Å². The molecular formula is C17H32BO4P. The molecule has 0 N–H and O–H groups in total. The molecule has 2 heterocycles. The monoisotopic (exact) mass is 342 g/mol. The van der Waals surface area contributed by atoms with Gasteiger partial charge in [0.05, 0.1) is 19.3 Å². The minimum Gasteiger partial charge on any atom is -0.379 e. The SMILES string of the molecule is [B][C@@H]1OC2C(OC[C@H]2C)[C@H]1OP(OCCC)C(C(C)C)C(C)C. The Kier molecular flexibility index (Phi) is 7.37. The largest absolute Gasteiger partial charge is 0.379 e. The van der Waals surface area contributed by atoms with Gasteiger partial charge < -0.3 is 18.5 Å². The summed E-state index contributed by atoms with van der Waals surface area (Å²) in [6, 6.07) is -0.428. The van der Waals surface area contributed by atoms with Gasteiger partial charge >= 0.3 is 0 Å². The van der Waals surface area contributed by atoms with Crippen LogP contribution in [0.2, 0.25) is 0 Å². The van der Waals surface area contributed by atoms with Gasteiger partial charge in [0, 0.05) is 17.6 Å². The number of hydrogen-bond donors (Lipinski definition) is 0. The predicted molar refractivity (Wildman–Crippen MR) is 94.8 cm³/mol. The van der Waals surface area contributed by atoms with Crippen molar-refractivity contribution in [3.05, 3.63) is 0 Å². The van der Waals surface area contributed by atoms with Gasteiger partial charge in [-0.25, -0.2) is 0 Å². The van der Waals surface area contributed by atoms with Crippen LogP contribution in [0.25, 0.3) is 0 Å². The molecule has 6 heteroatoms. The van der Waals surface area contributed by atoms with Crippen molar-refractivity contribution in [2.24, 2.45) is 17.8 Å². The predicted octanol–water partition coefficient (Wildman–Crippen LogP) is 3.72. The van der Waals surface area contributed by atoms with E-state index in [0.29, 0.717) is 30.0 Å². The minimum absolute atomic E-state index is 0.0505. The molecule has 0 spiro atoms. The summed E-state index contributed by atoms with van der Waals surface area (Å²) in [5, 5.41) is 0. The minimum atomic E-state index is -1.02. The Morgan fingerprint density at radius 2 is 1.83 bits per heavy atom. The van der Waals surface area contributed by atoms with Crippen molar-refractivity contribution in [3.8, 4) is 0 Å². The molecule has 0 saturated carbocycles. The van der Waals surface area contributed by atoms with Gasteiger partial charge in [0.1, 0.15) is 20.1 Å². The molecule has 2 saturated heterocycles. The lowest BCUT2D eigenvalue weighted by Crippen LogP contribution is -2.36. The van der Waals surface area contributed by atoms with Crippen molar-refractivity contribution in [3.63, 3.8) is 0 Å². The van der Waals surface area contributed by atoms with Crippen molar-refractivity contribution in [1.82, 2.24) is 0 Å². The van der Waals surface area contributed by atoms with Crippen LogP contribution < -0.4 is 0 Å². The third kappa shape index (κ3) is 4.49. The summed E-state index contributed by atoms with van der Waals surface area (Å²) in [5.41, 5.74) is 0.377. The van der Waals surface area contributed by atoms with Gasteiger partial charge in [-0.1, -0.05) is 41.5 Å². The lowest BCUT2D eigenvalue weighted by Gasteiger charge is -2.35. The van der Waals surface area contributed by atoms with E-state index < -0.39 is 14.4 Å². The number of ether oxygens (including phenoxy) is 2. The van der Waals surface area contributed by atoms with Gasteiger partial charge in [-0.2, -0.15) is 0 Å². The van der Waals surface area contributed by atoms with Crippen LogP contribution in [0.3, 0.4) is 0 Å². The third-order valence-electron chi connectivity index (χ3n) is 4.66. The summed E-state index contributed by atoms with van der Waals surface area (Å²) in [7, 11) is 5.16. The lowest BCUT2D eigenvalue weighted by molar-refractivity contribution is 0.0194. The smallest absolute Gasteiger partial charge is 0.174 e. The van der Waals surface area contributed by atoms with Crippen molar-refractivity contribution in [2.75, 3.05) is 13.2 Å². The van der Waals surface area contributed by atoms with Crippen LogP contribution in [0.15, 0.2) is 0 Å². The van der Waals surface area contributed by atoms with Gasteiger partial charge in [0.2, 0.25) is 0 Å². The molecule has 2 radical (unpaired) electrons. The Bertz CT molecular complexity index is 361. The van der Waals surface area contributed by atoms with Crippen LogP contribution in [-0.4, -0.2) is 51.0 Å². The van der Waals surface area contributed by atoms with Crippen LogP contribution >= 0.6 is 8.38 Å². The summed E-state index contributed by atoms with van der Waals surface area (Å²) >= 11 is 0. The molecule has 0 aromatic heterocycles. The quantitative estimate of drug-likeness (QED) is 0.498. The van der Waals surface area contributed by atoms with Crippen LogP contribution in [-0.2, 0) is 18.5 Å². The van der Waals surface area contributed by atoms with Crippen LogP contribution in [0.4, 0.5) is 0 Å². The van der Waals surface area contributed by atoms with Crippen LogP contribution in [0.1, 0.15) is 48.0 Å². The molecule has 3 unspecified atom stereocenters. The fraction of sp³-hybridized carbons (Fsp3) is 1.00. The second-order valence-electron chi connectivity index (χ2n) is 7.51. The average molecular weight is 342 g/mol. The first kappa shape index (κ1) is 19.7. The standard InChI is InChI=1S/C17H32BO4P/c1-7-8-20-23(16(10(2)3)11(4)5)22-15-14-13(21-17(15)18)12(6)9-19-14/h10-17H,7-9H2,1-6H3/t12-,13?,14?,15-,17-,23?/m1/s1. The molecule has 0 bridgehead atoms. The van der Waals surface area contributed by atoms with Gasteiger partial charge in [0.15, 0.2) is 8.38 Å².